The number of unbranched alkanes of at least 4 members (excludes halogenated alkanes) is 26. The van der Waals surface area contributed by atoms with E-state index in [-0.39, 0.29) is 23.0 Å². The lowest BCUT2D eigenvalue weighted by Crippen LogP contribution is -2.37. The minimum absolute atomic E-state index is 0.00325. The van der Waals surface area contributed by atoms with Crippen molar-refractivity contribution in [3.8, 4) is 24.3 Å². The van der Waals surface area contributed by atoms with Crippen molar-refractivity contribution in [2.24, 2.45) is 0 Å². The van der Waals surface area contributed by atoms with Crippen molar-refractivity contribution in [3.63, 3.8) is 0 Å². The molecule has 62 heavy (non-hydrogen) atoms. The van der Waals surface area contributed by atoms with E-state index in [1.165, 1.54) is 164 Å². The number of hydrogen-bond donors (Lipinski definition) is 0. The molecule has 0 atom stereocenters. The van der Waals surface area contributed by atoms with E-state index in [2.05, 4.69) is 13.8 Å². The van der Waals surface area contributed by atoms with Crippen molar-refractivity contribution in [2.75, 3.05) is 13.1 Å². The Balaban J connectivity index is 1.48. The van der Waals surface area contributed by atoms with Crippen LogP contribution in [0.1, 0.15) is 194 Å². The molecule has 2 amide bonds. The molecule has 10 heteroatoms. The predicted molar refractivity (Wildman–Crippen MR) is 254 cm³/mol. The van der Waals surface area contributed by atoms with Crippen LogP contribution < -0.4 is 18.1 Å². The highest BCUT2D eigenvalue weighted by atomic mass is 32.1. The van der Waals surface area contributed by atoms with Gasteiger partial charge in [0.15, 0.2) is 0 Å². The zero-order valence-electron chi connectivity index (χ0n) is 37.8. The van der Waals surface area contributed by atoms with E-state index >= 15 is 0 Å². The molecule has 0 saturated heterocycles. The summed E-state index contributed by atoms with van der Waals surface area (Å²) in [6.07, 6.45) is 34.4. The fourth-order valence-corrected chi connectivity index (χ4v) is 10.8. The van der Waals surface area contributed by atoms with Crippen molar-refractivity contribution in [3.05, 3.63) is 53.5 Å². The topological polar surface area (TPSA) is 136 Å². The van der Waals surface area contributed by atoms with Gasteiger partial charge < -0.3 is 9.80 Å². The molecule has 0 N–H and O–H groups in total. The van der Waals surface area contributed by atoms with Gasteiger partial charge in [-0.3, -0.25) is 9.59 Å². The summed E-state index contributed by atoms with van der Waals surface area (Å²) in [7, 11) is 0. The van der Waals surface area contributed by atoms with Crippen LogP contribution in [0.2, 0.25) is 0 Å². The first kappa shape index (κ1) is 50.2. The van der Waals surface area contributed by atoms with E-state index in [9.17, 15) is 30.6 Å². The van der Waals surface area contributed by atoms with Crippen LogP contribution in [0.4, 0.5) is 0 Å². The van der Waals surface area contributed by atoms with Crippen molar-refractivity contribution in [1.29, 1.82) is 21.0 Å². The third-order valence-corrected chi connectivity index (χ3v) is 14.5. The summed E-state index contributed by atoms with van der Waals surface area (Å²) < 4.78 is 2.36. The number of nitrogens with zero attached hydrogens (tertiary/aromatic N) is 6. The van der Waals surface area contributed by atoms with Crippen LogP contribution in [-0.2, 0) is 9.59 Å². The van der Waals surface area contributed by atoms with Crippen LogP contribution in [0.3, 0.4) is 0 Å². The van der Waals surface area contributed by atoms with Gasteiger partial charge in [0.05, 0.1) is 40.7 Å². The van der Waals surface area contributed by atoms with Gasteiger partial charge in [0.1, 0.15) is 35.4 Å². The smallest absolute Gasteiger partial charge is 0.261 e. The first-order valence-electron chi connectivity index (χ1n) is 24.1. The number of thiophene rings is 2. The van der Waals surface area contributed by atoms with Gasteiger partial charge in [-0.25, -0.2) is 0 Å². The molecular formula is C52H70N6O2S2. The number of amides is 2. The Morgan fingerprint density at radius 3 is 0.935 bits per heavy atom. The molecule has 332 valence electrons. The summed E-state index contributed by atoms with van der Waals surface area (Å²) in [5.41, 5.74) is 1.83. The third-order valence-electron chi connectivity index (χ3n) is 12.3. The van der Waals surface area contributed by atoms with Gasteiger partial charge in [0.2, 0.25) is 0 Å². The molecule has 0 fully saturated rings. The molecule has 0 saturated carbocycles. The average molecular weight is 875 g/mol. The van der Waals surface area contributed by atoms with Gasteiger partial charge in [0.25, 0.3) is 11.8 Å². The summed E-state index contributed by atoms with van der Waals surface area (Å²) in [4.78, 5) is 33.0. The lowest BCUT2D eigenvalue weighted by molar-refractivity contribution is -0.123. The van der Waals surface area contributed by atoms with Crippen molar-refractivity contribution >= 4 is 57.0 Å². The summed E-state index contributed by atoms with van der Waals surface area (Å²) in [5, 5.41) is 38.6. The minimum atomic E-state index is -0.226. The summed E-state index contributed by atoms with van der Waals surface area (Å²) in [6, 6.07) is 15.0. The molecule has 4 heterocycles. The van der Waals surface area contributed by atoms with Crippen molar-refractivity contribution in [2.45, 2.75) is 194 Å². The Morgan fingerprint density at radius 1 is 0.419 bits per heavy atom. The Kier molecular flexibility index (Phi) is 23.5. The SMILES string of the molecule is CCCCCCCCCCCCCCCCN1C(=O)C2=C(C(=O)N(CCCCCCCCCCCCCCCC)/C2=c2\ccc(=C(C#N)C#N)s2)/C1=c1/ccc(=C(C#N)C#N)s1. The number of carbonyl (C=O) groups excluding carboxylic acids is 2. The van der Waals surface area contributed by atoms with Gasteiger partial charge in [-0.05, 0) is 37.1 Å². The fourth-order valence-electron chi connectivity index (χ4n) is 8.73. The molecule has 2 aliphatic heterocycles. The second-order valence-corrected chi connectivity index (χ2v) is 19.2. The van der Waals surface area contributed by atoms with Crippen LogP contribution >= 0.6 is 22.7 Å². The second kappa shape index (κ2) is 29.0. The van der Waals surface area contributed by atoms with E-state index in [0.29, 0.717) is 53.8 Å². The molecular weight excluding hydrogens is 805 g/mol. The van der Waals surface area contributed by atoms with Crippen LogP contribution in [-0.4, -0.2) is 34.7 Å². The van der Waals surface area contributed by atoms with Crippen LogP contribution in [0.15, 0.2) is 35.4 Å². The Hall–Kier alpha value is -4.48. The lowest BCUT2D eigenvalue weighted by atomic mass is 10.0. The van der Waals surface area contributed by atoms with Crippen molar-refractivity contribution < 1.29 is 9.59 Å². The number of nitriles is 4. The first-order valence-corrected chi connectivity index (χ1v) is 25.8. The van der Waals surface area contributed by atoms with E-state index in [1.807, 2.05) is 36.4 Å². The maximum absolute atomic E-state index is 14.8. The molecule has 2 aliphatic rings. The van der Waals surface area contributed by atoms with Gasteiger partial charge in [-0.1, -0.05) is 181 Å². The number of rotatable bonds is 30. The minimum Gasteiger partial charge on any atom is -0.306 e. The molecule has 2 aromatic rings. The highest BCUT2D eigenvalue weighted by molar-refractivity contribution is 7.08. The second-order valence-electron chi connectivity index (χ2n) is 17.1. The lowest BCUT2D eigenvalue weighted by Gasteiger charge is -2.26. The zero-order valence-corrected chi connectivity index (χ0v) is 39.5. The Morgan fingerprint density at radius 2 is 0.677 bits per heavy atom. The molecule has 2 aromatic heterocycles. The molecule has 0 spiro atoms. The standard InChI is InChI=1S/C52H70N6O2S2/c1-3-5-7-9-11-13-15-17-19-21-23-25-27-29-35-57-49(45-33-31-43(61-45)41(37-53)38-54)47-48(51(57)59)50(46-34-32-44(62-46)42(39-55)40-56)58(52(47)60)36-30-28-26-24-22-20-18-16-14-12-10-8-6-4-2/h31-34H,3-30,35-36H2,1-2H3/b49-45+,50-46+. The van der Waals surface area contributed by atoms with E-state index in [0.717, 1.165) is 38.5 Å². The third kappa shape index (κ3) is 14.8. The Bertz CT molecular complexity index is 2030. The van der Waals surface area contributed by atoms with E-state index in [1.54, 1.807) is 21.9 Å². The zero-order chi connectivity index (χ0) is 44.4. The molecule has 0 unspecified atom stereocenters. The molecule has 0 aliphatic carbocycles. The normalized spacial score (nSPS) is 15.2. The highest BCUT2D eigenvalue weighted by Crippen LogP contribution is 2.43. The Labute approximate surface area is 380 Å². The monoisotopic (exact) mass is 875 g/mol. The fraction of sp³-hybridized carbons (Fsp3) is 0.615. The molecule has 0 aromatic carbocycles. The maximum Gasteiger partial charge on any atom is 0.261 e. The highest BCUT2D eigenvalue weighted by Gasteiger charge is 2.48. The van der Waals surface area contributed by atoms with Crippen LogP contribution in [0.5, 0.6) is 0 Å². The van der Waals surface area contributed by atoms with Gasteiger partial charge in [-0.2, -0.15) is 21.0 Å². The van der Waals surface area contributed by atoms with E-state index < -0.39 is 0 Å². The largest absolute Gasteiger partial charge is 0.306 e. The molecule has 0 radical (unpaired) electrons. The number of hydrogen-bond acceptors (Lipinski definition) is 8. The molecule has 8 nitrogen and oxygen atoms in total. The number of carbonyl (C=O) groups is 2. The quantitative estimate of drug-likeness (QED) is 0.0717. The van der Waals surface area contributed by atoms with Crippen molar-refractivity contribution in [1.82, 2.24) is 9.80 Å². The maximum atomic E-state index is 14.8. The van der Waals surface area contributed by atoms with Gasteiger partial charge in [0, 0.05) is 13.1 Å². The average Bonchev–Trinajstić information content (AvgIpc) is 4.07. The first-order chi connectivity index (χ1) is 30.4. The van der Waals surface area contributed by atoms with Crippen LogP contribution in [0.25, 0.3) is 22.5 Å². The molecule has 0 bridgehead atoms. The summed E-state index contributed by atoms with van der Waals surface area (Å²) in [5.74, 6) is -0.452. The van der Waals surface area contributed by atoms with Gasteiger partial charge in [-0.15, -0.1) is 22.7 Å². The predicted octanol–water partition coefficient (Wildman–Crippen LogP) is 11.1. The molecule has 4 rings (SSSR count). The van der Waals surface area contributed by atoms with Gasteiger partial charge >= 0.3 is 0 Å². The van der Waals surface area contributed by atoms with Crippen LogP contribution in [0, 0.1) is 45.3 Å². The summed E-state index contributed by atoms with van der Waals surface area (Å²) >= 11 is 2.52. The van der Waals surface area contributed by atoms with E-state index in [4.69, 9.17) is 0 Å². The summed E-state index contributed by atoms with van der Waals surface area (Å²) in [6.45, 7) is 5.42.